The predicted octanol–water partition coefficient (Wildman–Crippen LogP) is 9.23. The number of thiophene rings is 1. The molecule has 0 radical (unpaired) electrons. The van der Waals surface area contributed by atoms with E-state index in [9.17, 15) is 0 Å². The smallest absolute Gasteiger partial charge is 0.00264 e. The van der Waals surface area contributed by atoms with Gasteiger partial charge in [0.1, 0.15) is 0 Å². The van der Waals surface area contributed by atoms with Crippen LogP contribution in [0.1, 0.15) is 116 Å². The lowest BCUT2D eigenvalue weighted by Crippen LogP contribution is -2.33. The van der Waals surface area contributed by atoms with Crippen molar-refractivity contribution in [2.75, 3.05) is 0 Å². The van der Waals surface area contributed by atoms with Crippen molar-refractivity contribution in [2.45, 2.75) is 118 Å². The number of fused-ring (bicyclic) bond motifs is 1. The van der Waals surface area contributed by atoms with Crippen LogP contribution in [0.3, 0.4) is 0 Å². The maximum atomic E-state index is 2.54. The first-order chi connectivity index (χ1) is 14.1. The molecule has 2 atom stereocenters. The third-order valence-corrected chi connectivity index (χ3v) is 8.01. The zero-order valence-corrected chi connectivity index (χ0v) is 22.7. The first kappa shape index (κ1) is 24.6. The van der Waals surface area contributed by atoms with Gasteiger partial charge in [-0.05, 0) is 104 Å². The van der Waals surface area contributed by atoms with Crippen LogP contribution in [0.5, 0.6) is 0 Å². The summed E-state index contributed by atoms with van der Waals surface area (Å²) in [6, 6.07) is 7.32. The molecular formula is C30H46S. The molecule has 2 aromatic rings. The summed E-state index contributed by atoms with van der Waals surface area (Å²) in [4.78, 5) is 0. The average molecular weight is 439 g/mol. The molecule has 1 heteroatoms. The van der Waals surface area contributed by atoms with Crippen LogP contribution in [0.2, 0.25) is 0 Å². The zero-order chi connectivity index (χ0) is 23.2. The summed E-state index contributed by atoms with van der Waals surface area (Å²) in [6.07, 6.45) is 6.32. The Balaban J connectivity index is 2.26. The van der Waals surface area contributed by atoms with E-state index in [4.69, 9.17) is 0 Å². The zero-order valence-electron chi connectivity index (χ0n) is 21.9. The lowest BCUT2D eigenvalue weighted by Gasteiger charge is -2.40. The van der Waals surface area contributed by atoms with E-state index in [1.807, 2.05) is 11.3 Å². The summed E-state index contributed by atoms with van der Waals surface area (Å²) >= 11 is 1.85. The van der Waals surface area contributed by atoms with Crippen molar-refractivity contribution in [1.82, 2.24) is 0 Å². The molecule has 1 aromatic carbocycles. The fraction of sp³-hybridized carbons (Fsp3) is 0.667. The minimum Gasteiger partial charge on any atom is -0.152 e. The molecule has 0 saturated heterocycles. The lowest BCUT2D eigenvalue weighted by atomic mass is 9.64. The van der Waals surface area contributed by atoms with E-state index in [0.29, 0.717) is 5.41 Å². The Kier molecular flexibility index (Phi) is 6.63. The summed E-state index contributed by atoms with van der Waals surface area (Å²) in [7, 11) is 0. The van der Waals surface area contributed by atoms with Crippen molar-refractivity contribution >= 4 is 11.3 Å². The van der Waals surface area contributed by atoms with Gasteiger partial charge in [0.2, 0.25) is 0 Å². The highest BCUT2D eigenvalue weighted by Gasteiger charge is 2.37. The molecule has 1 aromatic heterocycles. The highest BCUT2D eigenvalue weighted by atomic mass is 32.1. The number of hydrogen-bond donors (Lipinski definition) is 0. The lowest BCUT2D eigenvalue weighted by molar-refractivity contribution is 0.250. The molecule has 0 aliphatic heterocycles. The van der Waals surface area contributed by atoms with E-state index in [0.717, 1.165) is 12.3 Å². The van der Waals surface area contributed by atoms with E-state index >= 15 is 0 Å². The third-order valence-electron chi connectivity index (χ3n) is 7.33. The molecule has 0 spiro atoms. The SMILES string of the molecule is CC(C)(C)CC1CC[C@@](C)(c2ccsc2)Cc2c(C(C)(C)C)ccc(C(C)(C)C)c2C1. The van der Waals surface area contributed by atoms with Gasteiger partial charge in [-0.25, -0.2) is 0 Å². The van der Waals surface area contributed by atoms with Crippen molar-refractivity contribution in [3.63, 3.8) is 0 Å². The summed E-state index contributed by atoms with van der Waals surface area (Å²) in [6.45, 7) is 24.2. The fourth-order valence-corrected chi connectivity index (χ4v) is 6.63. The van der Waals surface area contributed by atoms with Crippen molar-refractivity contribution in [2.24, 2.45) is 11.3 Å². The van der Waals surface area contributed by atoms with Gasteiger partial charge in [-0.3, -0.25) is 0 Å². The van der Waals surface area contributed by atoms with Gasteiger partial charge in [-0.1, -0.05) is 81.4 Å². The molecule has 0 saturated carbocycles. The number of rotatable bonds is 2. The third kappa shape index (κ3) is 5.65. The number of benzene rings is 1. The summed E-state index contributed by atoms with van der Waals surface area (Å²) < 4.78 is 0. The van der Waals surface area contributed by atoms with Crippen molar-refractivity contribution in [3.8, 4) is 0 Å². The molecule has 0 bridgehead atoms. The monoisotopic (exact) mass is 438 g/mol. The highest BCUT2D eigenvalue weighted by Crippen LogP contribution is 2.46. The Labute approximate surface area is 196 Å². The Morgan fingerprint density at radius 1 is 0.871 bits per heavy atom. The second-order valence-electron chi connectivity index (χ2n) is 13.7. The van der Waals surface area contributed by atoms with E-state index in [-0.39, 0.29) is 16.2 Å². The Morgan fingerprint density at radius 3 is 1.94 bits per heavy atom. The average Bonchev–Trinajstić information content (AvgIpc) is 3.11. The molecule has 1 aliphatic carbocycles. The van der Waals surface area contributed by atoms with Crippen LogP contribution in [0.15, 0.2) is 29.0 Å². The molecule has 1 unspecified atom stereocenters. The van der Waals surface area contributed by atoms with E-state index < -0.39 is 0 Å². The van der Waals surface area contributed by atoms with Crippen LogP contribution in [0.25, 0.3) is 0 Å². The molecule has 0 nitrogen and oxygen atoms in total. The molecule has 3 rings (SSSR count). The van der Waals surface area contributed by atoms with Gasteiger partial charge in [0, 0.05) is 0 Å². The largest absolute Gasteiger partial charge is 0.152 e. The highest BCUT2D eigenvalue weighted by molar-refractivity contribution is 7.08. The van der Waals surface area contributed by atoms with Crippen LogP contribution in [-0.4, -0.2) is 0 Å². The Bertz CT molecular complexity index is 880. The van der Waals surface area contributed by atoms with Crippen molar-refractivity contribution < 1.29 is 0 Å². The molecule has 0 amide bonds. The quantitative estimate of drug-likeness (QED) is 0.438. The van der Waals surface area contributed by atoms with E-state index in [1.165, 1.54) is 25.7 Å². The maximum Gasteiger partial charge on any atom is -0.00264 e. The Morgan fingerprint density at radius 2 is 1.45 bits per heavy atom. The molecule has 172 valence electrons. The van der Waals surface area contributed by atoms with Gasteiger partial charge in [-0.15, -0.1) is 0 Å². The Hall–Kier alpha value is -1.08. The summed E-state index contributed by atoms with van der Waals surface area (Å²) in [5.74, 6) is 0.744. The van der Waals surface area contributed by atoms with Crippen LogP contribution in [-0.2, 0) is 29.1 Å². The molecule has 0 fully saturated rings. The van der Waals surface area contributed by atoms with Crippen LogP contribution in [0.4, 0.5) is 0 Å². The second kappa shape index (κ2) is 8.36. The van der Waals surface area contributed by atoms with Gasteiger partial charge in [0.15, 0.2) is 0 Å². The van der Waals surface area contributed by atoms with Crippen molar-refractivity contribution in [3.05, 3.63) is 56.8 Å². The maximum absolute atomic E-state index is 2.54. The molecular weight excluding hydrogens is 392 g/mol. The van der Waals surface area contributed by atoms with Crippen LogP contribution >= 0.6 is 11.3 Å². The van der Waals surface area contributed by atoms with Gasteiger partial charge in [-0.2, -0.15) is 11.3 Å². The first-order valence-electron chi connectivity index (χ1n) is 12.3. The predicted molar refractivity (Wildman–Crippen MR) is 140 cm³/mol. The molecule has 1 aliphatic rings. The fourth-order valence-electron chi connectivity index (χ4n) is 5.82. The minimum absolute atomic E-state index is 0.161. The first-order valence-corrected chi connectivity index (χ1v) is 13.2. The van der Waals surface area contributed by atoms with E-state index in [1.54, 1.807) is 27.8 Å². The number of hydrogen-bond acceptors (Lipinski definition) is 1. The molecule has 0 N–H and O–H groups in total. The van der Waals surface area contributed by atoms with Gasteiger partial charge in [0.25, 0.3) is 0 Å². The van der Waals surface area contributed by atoms with Gasteiger partial charge in [0.05, 0.1) is 0 Å². The minimum atomic E-state index is 0.161. The summed E-state index contributed by atoms with van der Waals surface area (Å²) in [5, 5.41) is 4.67. The molecule has 31 heavy (non-hydrogen) atoms. The van der Waals surface area contributed by atoms with Crippen LogP contribution < -0.4 is 0 Å². The normalized spacial score (nSPS) is 23.2. The van der Waals surface area contributed by atoms with Gasteiger partial charge >= 0.3 is 0 Å². The van der Waals surface area contributed by atoms with E-state index in [2.05, 4.69) is 98.2 Å². The second-order valence-corrected chi connectivity index (χ2v) is 14.5. The topological polar surface area (TPSA) is 0 Å². The van der Waals surface area contributed by atoms with Gasteiger partial charge < -0.3 is 0 Å². The molecule has 1 heterocycles. The summed E-state index contributed by atoms with van der Waals surface area (Å²) in [5.41, 5.74) is 8.93. The van der Waals surface area contributed by atoms with Crippen molar-refractivity contribution in [1.29, 1.82) is 0 Å². The van der Waals surface area contributed by atoms with Crippen LogP contribution in [0, 0.1) is 11.3 Å². The standard InChI is InChI=1S/C30H46S/c1-27(2,3)18-21-13-15-30(10,22-14-16-31-20-22)19-24-23(17-21)25(28(4,5)6)11-12-26(24)29(7,8)9/h11-12,14,16,20-21H,13,15,17-19H2,1-10H3/t21?,30-/m1/s1.